The summed E-state index contributed by atoms with van der Waals surface area (Å²) in [7, 11) is 0. The van der Waals surface area contributed by atoms with Crippen LogP contribution >= 0.6 is 11.6 Å². The lowest BCUT2D eigenvalue weighted by molar-refractivity contribution is -0.0498. The highest BCUT2D eigenvalue weighted by Crippen LogP contribution is 2.24. The summed E-state index contributed by atoms with van der Waals surface area (Å²) in [5, 5.41) is 0. The maximum absolute atomic E-state index is 11.9. The van der Waals surface area contributed by atoms with Crippen molar-refractivity contribution in [1.82, 2.24) is 0 Å². The molecule has 0 saturated carbocycles. The molecule has 0 saturated heterocycles. The summed E-state index contributed by atoms with van der Waals surface area (Å²) in [4.78, 5) is 4.02. The number of nitrogens with two attached hydrogens (primary N) is 1. The van der Waals surface area contributed by atoms with Crippen molar-refractivity contribution in [2.24, 2.45) is 10.7 Å². The Balaban J connectivity index is 2.91. The molecule has 3 nitrogen and oxygen atoms in total. The molecular weight excluding hydrogens is 238 g/mol. The zero-order chi connectivity index (χ0) is 12.1. The standard InChI is InChI=1S/C10H11ClF2N2O/c1-6-4-7(16-10(12)13)2-3-8(6)15-9(14)5-11/h2-4,10H,5H2,1H3,(H2,14,15). The molecule has 6 heteroatoms. The number of aryl methyl sites for hydroxylation is 1. The second kappa shape index (κ2) is 5.65. The van der Waals surface area contributed by atoms with Crippen LogP contribution in [-0.4, -0.2) is 18.3 Å². The molecule has 0 aromatic heterocycles. The number of hydrogen-bond donors (Lipinski definition) is 1. The van der Waals surface area contributed by atoms with Crippen LogP contribution in [0.3, 0.4) is 0 Å². The topological polar surface area (TPSA) is 47.6 Å². The lowest BCUT2D eigenvalue weighted by Gasteiger charge is -2.07. The van der Waals surface area contributed by atoms with E-state index in [1.54, 1.807) is 13.0 Å². The van der Waals surface area contributed by atoms with Crippen LogP contribution in [0.15, 0.2) is 23.2 Å². The number of ether oxygens (including phenoxy) is 1. The highest BCUT2D eigenvalue weighted by Gasteiger charge is 2.06. The molecule has 1 aromatic rings. The first-order valence-corrected chi connectivity index (χ1v) is 5.01. The average molecular weight is 249 g/mol. The summed E-state index contributed by atoms with van der Waals surface area (Å²) in [6.07, 6.45) is 0. The normalized spacial score (nSPS) is 11.9. The second-order valence-corrected chi connectivity index (χ2v) is 3.33. The molecule has 0 bridgehead atoms. The van der Waals surface area contributed by atoms with Crippen molar-refractivity contribution in [2.45, 2.75) is 13.5 Å². The van der Waals surface area contributed by atoms with Gasteiger partial charge in [-0.05, 0) is 30.7 Å². The van der Waals surface area contributed by atoms with E-state index in [0.29, 0.717) is 11.3 Å². The third kappa shape index (κ3) is 3.66. The summed E-state index contributed by atoms with van der Waals surface area (Å²) in [6, 6.07) is 4.42. The van der Waals surface area contributed by atoms with Crippen molar-refractivity contribution in [3.05, 3.63) is 23.8 Å². The Hall–Kier alpha value is -1.36. The van der Waals surface area contributed by atoms with Gasteiger partial charge in [0.2, 0.25) is 0 Å². The van der Waals surface area contributed by atoms with Crippen molar-refractivity contribution < 1.29 is 13.5 Å². The molecule has 88 valence electrons. The lowest BCUT2D eigenvalue weighted by Crippen LogP contribution is -2.12. The predicted molar refractivity (Wildman–Crippen MR) is 59.8 cm³/mol. The first-order chi connectivity index (χ1) is 7.52. The van der Waals surface area contributed by atoms with E-state index in [-0.39, 0.29) is 17.5 Å². The van der Waals surface area contributed by atoms with Gasteiger partial charge in [-0.2, -0.15) is 8.78 Å². The Morgan fingerprint density at radius 3 is 2.75 bits per heavy atom. The van der Waals surface area contributed by atoms with Crippen molar-refractivity contribution in [1.29, 1.82) is 0 Å². The maximum Gasteiger partial charge on any atom is 0.387 e. The number of halogens is 3. The smallest absolute Gasteiger partial charge is 0.387 e. The molecule has 0 aliphatic rings. The quantitative estimate of drug-likeness (QED) is 0.506. The number of benzene rings is 1. The molecule has 0 spiro atoms. The first-order valence-electron chi connectivity index (χ1n) is 4.47. The molecule has 0 fully saturated rings. The Morgan fingerprint density at radius 1 is 1.56 bits per heavy atom. The fraction of sp³-hybridized carbons (Fsp3) is 0.300. The van der Waals surface area contributed by atoms with Crippen molar-refractivity contribution in [3.8, 4) is 5.75 Å². The highest BCUT2D eigenvalue weighted by atomic mass is 35.5. The third-order valence-corrected chi connectivity index (χ3v) is 2.07. The molecular formula is C10H11ClF2N2O. The molecule has 1 aromatic carbocycles. The summed E-state index contributed by atoms with van der Waals surface area (Å²) in [5.41, 5.74) is 6.73. The SMILES string of the molecule is Cc1cc(OC(F)F)ccc1N=C(N)CCl. The maximum atomic E-state index is 11.9. The van der Waals surface area contributed by atoms with E-state index >= 15 is 0 Å². The largest absolute Gasteiger partial charge is 0.435 e. The fourth-order valence-electron chi connectivity index (χ4n) is 1.11. The van der Waals surface area contributed by atoms with E-state index in [4.69, 9.17) is 17.3 Å². The van der Waals surface area contributed by atoms with Gasteiger partial charge in [-0.15, -0.1) is 11.6 Å². The van der Waals surface area contributed by atoms with Crippen molar-refractivity contribution >= 4 is 23.1 Å². The molecule has 0 atom stereocenters. The van der Waals surface area contributed by atoms with Gasteiger partial charge in [0.05, 0.1) is 11.6 Å². The van der Waals surface area contributed by atoms with Crippen LogP contribution in [0.1, 0.15) is 5.56 Å². The van der Waals surface area contributed by atoms with Gasteiger partial charge >= 0.3 is 6.61 Å². The number of rotatable bonds is 4. The van der Waals surface area contributed by atoms with Gasteiger partial charge in [0.25, 0.3) is 0 Å². The fourth-order valence-corrected chi connectivity index (χ4v) is 1.17. The zero-order valence-electron chi connectivity index (χ0n) is 8.58. The van der Waals surface area contributed by atoms with Crippen LogP contribution < -0.4 is 10.5 Å². The van der Waals surface area contributed by atoms with E-state index in [0.717, 1.165) is 0 Å². The molecule has 0 radical (unpaired) electrons. The van der Waals surface area contributed by atoms with Gasteiger partial charge in [-0.1, -0.05) is 0 Å². The molecule has 0 heterocycles. The van der Waals surface area contributed by atoms with E-state index in [1.165, 1.54) is 12.1 Å². The number of amidine groups is 1. The third-order valence-electron chi connectivity index (χ3n) is 1.79. The van der Waals surface area contributed by atoms with Gasteiger partial charge in [0.15, 0.2) is 0 Å². The van der Waals surface area contributed by atoms with E-state index < -0.39 is 6.61 Å². The molecule has 1 rings (SSSR count). The van der Waals surface area contributed by atoms with E-state index in [9.17, 15) is 8.78 Å². The van der Waals surface area contributed by atoms with Crippen LogP contribution in [0, 0.1) is 6.92 Å². The summed E-state index contributed by atoms with van der Waals surface area (Å²) in [6.45, 7) is -1.11. The number of alkyl halides is 3. The van der Waals surface area contributed by atoms with Gasteiger partial charge in [0, 0.05) is 0 Å². The molecule has 0 aliphatic carbocycles. The van der Waals surface area contributed by atoms with Crippen LogP contribution in [0.2, 0.25) is 0 Å². The van der Waals surface area contributed by atoms with E-state index in [2.05, 4.69) is 9.73 Å². The molecule has 16 heavy (non-hydrogen) atoms. The summed E-state index contributed by atoms with van der Waals surface area (Å²) < 4.78 is 28.1. The first kappa shape index (κ1) is 12.7. The summed E-state index contributed by atoms with van der Waals surface area (Å²) >= 11 is 5.47. The van der Waals surface area contributed by atoms with Crippen molar-refractivity contribution in [3.63, 3.8) is 0 Å². The summed E-state index contributed by atoms with van der Waals surface area (Å²) in [5.74, 6) is 0.484. The number of nitrogens with zero attached hydrogens (tertiary/aromatic N) is 1. The minimum Gasteiger partial charge on any atom is -0.435 e. The van der Waals surface area contributed by atoms with Gasteiger partial charge in [-0.3, -0.25) is 0 Å². The molecule has 0 aliphatic heterocycles. The number of aliphatic imine (C=N–C) groups is 1. The molecule has 2 N–H and O–H groups in total. The molecule has 0 unspecified atom stereocenters. The van der Waals surface area contributed by atoms with Gasteiger partial charge in [-0.25, -0.2) is 4.99 Å². The second-order valence-electron chi connectivity index (χ2n) is 3.06. The van der Waals surface area contributed by atoms with Crippen molar-refractivity contribution in [2.75, 3.05) is 5.88 Å². The average Bonchev–Trinajstić information content (AvgIpc) is 2.21. The van der Waals surface area contributed by atoms with E-state index in [1.807, 2.05) is 0 Å². The minimum atomic E-state index is -2.83. The van der Waals surface area contributed by atoms with Gasteiger partial charge < -0.3 is 10.5 Å². The van der Waals surface area contributed by atoms with Gasteiger partial charge in [0.1, 0.15) is 11.6 Å². The Labute approximate surface area is 96.9 Å². The monoisotopic (exact) mass is 248 g/mol. The lowest BCUT2D eigenvalue weighted by atomic mass is 10.2. The van der Waals surface area contributed by atoms with Crippen LogP contribution in [0.5, 0.6) is 5.75 Å². The Morgan fingerprint density at radius 2 is 2.25 bits per heavy atom. The number of hydrogen-bond acceptors (Lipinski definition) is 2. The van der Waals surface area contributed by atoms with Crippen LogP contribution in [0.25, 0.3) is 0 Å². The minimum absolute atomic E-state index is 0.0934. The zero-order valence-corrected chi connectivity index (χ0v) is 9.34. The molecule has 0 amide bonds. The Kier molecular flexibility index (Phi) is 4.49. The van der Waals surface area contributed by atoms with Crippen LogP contribution in [-0.2, 0) is 0 Å². The predicted octanol–water partition coefficient (Wildman–Crippen LogP) is 2.82. The van der Waals surface area contributed by atoms with Crippen LogP contribution in [0.4, 0.5) is 14.5 Å². The highest BCUT2D eigenvalue weighted by molar-refractivity contribution is 6.28. The Bertz CT molecular complexity index is 396.